The monoisotopic (exact) mass is 451 g/mol. The van der Waals surface area contributed by atoms with Crippen molar-refractivity contribution < 1.29 is 28.5 Å². The highest BCUT2D eigenvalue weighted by atomic mass is 16.5. The summed E-state index contributed by atoms with van der Waals surface area (Å²) < 4.78 is 28.6. The maximum atomic E-state index is 13.3. The molecule has 0 spiro atoms. The first-order valence-electron chi connectivity index (χ1n) is 11.3. The van der Waals surface area contributed by atoms with Gasteiger partial charge in [0.2, 0.25) is 11.5 Å². The van der Waals surface area contributed by atoms with E-state index in [-0.39, 0.29) is 11.5 Å². The Morgan fingerprint density at radius 2 is 1.79 bits per heavy atom. The van der Waals surface area contributed by atoms with Crippen molar-refractivity contribution >= 4 is 11.9 Å². The number of allylic oxidation sites excluding steroid dienone is 1. The highest BCUT2D eigenvalue weighted by molar-refractivity contribution is 6.15. The Labute approximate surface area is 193 Å². The second-order valence-corrected chi connectivity index (χ2v) is 8.69. The SMILES string of the molecule is COc1ccc(/C=C2\Oc3c(cc4c(c3C)OCN(C3CCCC3)C4)C2=O)c(OC)c1OC. The Morgan fingerprint density at radius 1 is 1.03 bits per heavy atom. The van der Waals surface area contributed by atoms with E-state index in [0.717, 1.165) is 23.4 Å². The number of hydrogen-bond acceptors (Lipinski definition) is 7. The van der Waals surface area contributed by atoms with Crippen LogP contribution in [0.5, 0.6) is 28.7 Å². The summed E-state index contributed by atoms with van der Waals surface area (Å²) >= 11 is 0. The molecule has 0 atom stereocenters. The summed E-state index contributed by atoms with van der Waals surface area (Å²) in [7, 11) is 4.67. The third-order valence-corrected chi connectivity index (χ3v) is 6.83. The molecule has 33 heavy (non-hydrogen) atoms. The van der Waals surface area contributed by atoms with E-state index in [1.54, 1.807) is 33.5 Å². The molecular formula is C26H29NO6. The molecule has 0 unspecified atom stereocenters. The van der Waals surface area contributed by atoms with Crippen LogP contribution in [0.15, 0.2) is 24.0 Å². The summed E-state index contributed by atoms with van der Waals surface area (Å²) in [6.45, 7) is 3.33. The van der Waals surface area contributed by atoms with Gasteiger partial charge < -0.3 is 23.7 Å². The van der Waals surface area contributed by atoms with Crippen molar-refractivity contribution in [2.45, 2.75) is 45.2 Å². The molecule has 2 heterocycles. The fourth-order valence-electron chi connectivity index (χ4n) is 5.15. The number of methoxy groups -OCH3 is 3. The fraction of sp³-hybridized carbons (Fsp3) is 0.423. The van der Waals surface area contributed by atoms with Crippen molar-refractivity contribution in [2.75, 3.05) is 28.1 Å². The van der Waals surface area contributed by atoms with Crippen LogP contribution in [-0.2, 0) is 6.54 Å². The second kappa shape index (κ2) is 8.63. The van der Waals surface area contributed by atoms with Crippen LogP contribution >= 0.6 is 0 Å². The highest BCUT2D eigenvalue weighted by Crippen LogP contribution is 2.45. The second-order valence-electron chi connectivity index (χ2n) is 8.69. The van der Waals surface area contributed by atoms with Gasteiger partial charge in [-0.2, -0.15) is 0 Å². The van der Waals surface area contributed by atoms with Gasteiger partial charge >= 0.3 is 0 Å². The Bertz CT molecular complexity index is 1130. The van der Waals surface area contributed by atoms with Crippen LogP contribution in [-0.4, -0.2) is 44.8 Å². The zero-order valence-corrected chi connectivity index (χ0v) is 19.5. The lowest BCUT2D eigenvalue weighted by atomic mass is 9.99. The molecule has 5 rings (SSSR count). The van der Waals surface area contributed by atoms with Crippen molar-refractivity contribution in [1.29, 1.82) is 0 Å². The molecule has 7 nitrogen and oxygen atoms in total. The lowest BCUT2D eigenvalue weighted by Crippen LogP contribution is -2.39. The molecule has 0 bridgehead atoms. The first-order valence-corrected chi connectivity index (χ1v) is 11.3. The third kappa shape index (κ3) is 3.60. The van der Waals surface area contributed by atoms with Crippen LogP contribution in [0.1, 0.15) is 52.7 Å². The minimum Gasteiger partial charge on any atom is -0.493 e. The Kier molecular flexibility index (Phi) is 5.66. The first kappa shape index (κ1) is 21.6. The van der Waals surface area contributed by atoms with Gasteiger partial charge in [0.1, 0.15) is 18.2 Å². The third-order valence-electron chi connectivity index (χ3n) is 6.83. The Balaban J connectivity index is 1.49. The van der Waals surface area contributed by atoms with Gasteiger partial charge in [-0.1, -0.05) is 12.8 Å². The van der Waals surface area contributed by atoms with Crippen molar-refractivity contribution in [3.63, 3.8) is 0 Å². The predicted octanol–water partition coefficient (Wildman–Crippen LogP) is 4.73. The van der Waals surface area contributed by atoms with Gasteiger partial charge in [0.15, 0.2) is 17.3 Å². The normalized spacial score (nSPS) is 19.2. The first-order chi connectivity index (χ1) is 16.0. The van der Waals surface area contributed by atoms with Crippen LogP contribution in [0.4, 0.5) is 0 Å². The van der Waals surface area contributed by atoms with Crippen LogP contribution in [0.3, 0.4) is 0 Å². The molecule has 2 aromatic carbocycles. The summed E-state index contributed by atoms with van der Waals surface area (Å²) in [5, 5.41) is 0. The number of rotatable bonds is 5. The molecule has 1 aliphatic carbocycles. The molecule has 0 N–H and O–H groups in total. The molecule has 0 saturated heterocycles. The minimum atomic E-state index is -0.147. The number of carbonyl (C=O) groups excluding carboxylic acids is 1. The predicted molar refractivity (Wildman–Crippen MR) is 124 cm³/mol. The van der Waals surface area contributed by atoms with E-state index in [9.17, 15) is 4.79 Å². The number of carbonyl (C=O) groups is 1. The number of nitrogens with zero attached hydrogens (tertiary/aromatic N) is 1. The lowest BCUT2D eigenvalue weighted by Gasteiger charge is -2.34. The molecule has 2 aliphatic heterocycles. The van der Waals surface area contributed by atoms with Gasteiger partial charge in [0.05, 0.1) is 26.9 Å². The number of fused-ring (bicyclic) bond motifs is 2. The molecule has 1 saturated carbocycles. The molecule has 0 radical (unpaired) electrons. The standard InChI is InChI=1S/C26H29NO6/c1-15-23-17(13-27(14-32-23)18-7-5-6-8-18)11-19-22(28)21(33-24(15)19)12-16-9-10-20(29-2)26(31-4)25(16)30-3/h9-12,18H,5-8,13-14H2,1-4H3/b21-12-. The van der Waals surface area contributed by atoms with Gasteiger partial charge in [-0.15, -0.1) is 0 Å². The number of ether oxygens (including phenoxy) is 5. The number of ketones is 1. The topological polar surface area (TPSA) is 66.5 Å². The number of benzene rings is 2. The van der Waals surface area contributed by atoms with Crippen LogP contribution < -0.4 is 23.7 Å². The van der Waals surface area contributed by atoms with Gasteiger partial charge in [0.25, 0.3) is 0 Å². The molecule has 0 amide bonds. The van der Waals surface area contributed by atoms with E-state index in [2.05, 4.69) is 4.90 Å². The largest absolute Gasteiger partial charge is 0.493 e. The summed E-state index contributed by atoms with van der Waals surface area (Å²) in [4.78, 5) is 15.7. The van der Waals surface area contributed by atoms with Crippen LogP contribution in [0, 0.1) is 6.92 Å². The van der Waals surface area contributed by atoms with Crippen molar-refractivity contribution in [3.8, 4) is 28.7 Å². The van der Waals surface area contributed by atoms with Crippen LogP contribution in [0.25, 0.3) is 6.08 Å². The number of Topliss-reactive ketones (excluding diaryl/α,β-unsaturated/α-hetero) is 1. The quantitative estimate of drug-likeness (QED) is 0.609. The van der Waals surface area contributed by atoms with E-state index in [4.69, 9.17) is 23.7 Å². The van der Waals surface area contributed by atoms with Crippen molar-refractivity contribution in [2.24, 2.45) is 0 Å². The van der Waals surface area contributed by atoms with E-state index in [1.807, 2.05) is 19.1 Å². The average Bonchev–Trinajstić information content (AvgIpc) is 3.48. The maximum absolute atomic E-state index is 13.3. The average molecular weight is 452 g/mol. The van der Waals surface area contributed by atoms with Gasteiger partial charge in [-0.3, -0.25) is 9.69 Å². The highest BCUT2D eigenvalue weighted by Gasteiger charge is 2.35. The van der Waals surface area contributed by atoms with Crippen molar-refractivity contribution in [3.05, 3.63) is 46.2 Å². The molecular weight excluding hydrogens is 422 g/mol. The number of hydrogen-bond donors (Lipinski definition) is 0. The molecule has 7 heteroatoms. The summed E-state index contributed by atoms with van der Waals surface area (Å²) in [5.41, 5.74) is 3.15. The van der Waals surface area contributed by atoms with Gasteiger partial charge in [0, 0.05) is 29.3 Å². The van der Waals surface area contributed by atoms with Crippen molar-refractivity contribution in [1.82, 2.24) is 4.90 Å². The smallest absolute Gasteiger partial charge is 0.231 e. The summed E-state index contributed by atoms with van der Waals surface area (Å²) in [6.07, 6.45) is 6.66. The molecule has 3 aliphatic rings. The Hall–Kier alpha value is -3.19. The summed E-state index contributed by atoms with van der Waals surface area (Å²) in [5.74, 6) is 2.98. The van der Waals surface area contributed by atoms with Crippen LogP contribution in [0.2, 0.25) is 0 Å². The zero-order valence-electron chi connectivity index (χ0n) is 19.5. The van der Waals surface area contributed by atoms with E-state index in [0.29, 0.717) is 46.9 Å². The molecule has 174 valence electrons. The lowest BCUT2D eigenvalue weighted by molar-refractivity contribution is 0.0570. The van der Waals surface area contributed by atoms with E-state index < -0.39 is 0 Å². The molecule has 0 aromatic heterocycles. The summed E-state index contributed by atoms with van der Waals surface area (Å²) in [6, 6.07) is 6.09. The fourth-order valence-corrected chi connectivity index (χ4v) is 5.15. The molecule has 1 fully saturated rings. The van der Waals surface area contributed by atoms with Gasteiger partial charge in [-0.05, 0) is 44.0 Å². The van der Waals surface area contributed by atoms with E-state index >= 15 is 0 Å². The molecule has 2 aromatic rings. The van der Waals surface area contributed by atoms with Gasteiger partial charge in [-0.25, -0.2) is 0 Å². The maximum Gasteiger partial charge on any atom is 0.231 e. The zero-order chi connectivity index (χ0) is 23.1. The Morgan fingerprint density at radius 3 is 2.48 bits per heavy atom. The van der Waals surface area contributed by atoms with E-state index in [1.165, 1.54) is 25.7 Å². The minimum absolute atomic E-state index is 0.147.